The number of rotatable bonds is 6. The third kappa shape index (κ3) is 4.00. The van der Waals surface area contributed by atoms with E-state index in [1.165, 1.54) is 0 Å². The average molecular weight is 362 g/mol. The highest BCUT2D eigenvalue weighted by atomic mass is 16.5. The molecular formula is C21H22N4O2. The molecule has 2 aromatic carbocycles. The number of aromatic nitrogens is 3. The van der Waals surface area contributed by atoms with E-state index in [1.807, 2.05) is 55.5 Å². The van der Waals surface area contributed by atoms with Crippen LogP contribution in [0.3, 0.4) is 0 Å². The van der Waals surface area contributed by atoms with Crippen molar-refractivity contribution in [3.05, 3.63) is 59.9 Å². The highest BCUT2D eigenvalue weighted by Gasteiger charge is 2.28. The zero-order chi connectivity index (χ0) is 18.8. The molecule has 6 nitrogen and oxygen atoms in total. The summed E-state index contributed by atoms with van der Waals surface area (Å²) in [6.07, 6.45) is 1.68. The molecule has 0 unspecified atom stereocenters. The van der Waals surface area contributed by atoms with Gasteiger partial charge in [0.05, 0.1) is 5.69 Å². The van der Waals surface area contributed by atoms with Gasteiger partial charge in [0.15, 0.2) is 11.9 Å². The van der Waals surface area contributed by atoms with Crippen LogP contribution >= 0.6 is 0 Å². The van der Waals surface area contributed by atoms with Gasteiger partial charge in [-0.2, -0.15) is 5.10 Å². The molecule has 6 heteroatoms. The highest BCUT2D eigenvalue weighted by molar-refractivity contribution is 5.97. The molecule has 1 saturated carbocycles. The van der Waals surface area contributed by atoms with Crippen molar-refractivity contribution in [1.29, 1.82) is 0 Å². The molecule has 2 N–H and O–H groups in total. The maximum absolute atomic E-state index is 12.6. The van der Waals surface area contributed by atoms with Gasteiger partial charge in [0.1, 0.15) is 11.6 Å². The number of hydrogen-bond donors (Lipinski definition) is 2. The first-order valence-corrected chi connectivity index (χ1v) is 9.16. The summed E-state index contributed by atoms with van der Waals surface area (Å²) in [7, 11) is 0. The van der Waals surface area contributed by atoms with Gasteiger partial charge >= 0.3 is 0 Å². The van der Waals surface area contributed by atoms with E-state index in [4.69, 9.17) is 4.74 Å². The Hall–Kier alpha value is -3.15. The highest BCUT2D eigenvalue weighted by Crippen LogP contribution is 2.39. The summed E-state index contributed by atoms with van der Waals surface area (Å²) in [5.41, 5.74) is 2.56. The first-order valence-electron chi connectivity index (χ1n) is 9.16. The lowest BCUT2D eigenvalue weighted by atomic mass is 10.1. The standard InChI is InChI=1S/C21H22N4O2/c1-13-8-11-18(17(12-13)20-23-19(24-25-20)15-9-10-15)22-21(26)14(2)27-16-6-4-3-5-7-16/h3-8,11-12,14-15H,9-10H2,1-2H3,(H,22,26)(H,23,24,25)/t14-/m0/s1. The number of aryl methyl sites for hydroxylation is 1. The molecule has 0 aliphatic heterocycles. The minimum Gasteiger partial charge on any atom is -0.481 e. The number of amides is 1. The van der Waals surface area contributed by atoms with Crippen molar-refractivity contribution in [2.24, 2.45) is 0 Å². The fraction of sp³-hybridized carbons (Fsp3) is 0.286. The van der Waals surface area contributed by atoms with Crippen molar-refractivity contribution in [2.45, 2.75) is 38.7 Å². The molecule has 1 aromatic heterocycles. The molecule has 0 bridgehead atoms. The van der Waals surface area contributed by atoms with Crippen molar-refractivity contribution in [2.75, 3.05) is 5.32 Å². The minimum absolute atomic E-state index is 0.220. The molecule has 0 radical (unpaired) electrons. The third-order valence-corrected chi connectivity index (χ3v) is 4.57. The Balaban J connectivity index is 1.53. The number of H-pyrrole nitrogens is 1. The van der Waals surface area contributed by atoms with Gasteiger partial charge < -0.3 is 10.1 Å². The van der Waals surface area contributed by atoms with Crippen molar-refractivity contribution in [3.8, 4) is 17.1 Å². The molecule has 1 heterocycles. The molecule has 1 amide bonds. The summed E-state index contributed by atoms with van der Waals surface area (Å²) in [5.74, 6) is 2.46. The van der Waals surface area contributed by atoms with Gasteiger partial charge in [0.2, 0.25) is 0 Å². The minimum atomic E-state index is -0.629. The van der Waals surface area contributed by atoms with Gasteiger partial charge in [-0.05, 0) is 51.0 Å². The van der Waals surface area contributed by atoms with Gasteiger partial charge in [-0.1, -0.05) is 29.8 Å². The lowest BCUT2D eigenvalue weighted by molar-refractivity contribution is -0.122. The molecule has 0 saturated heterocycles. The SMILES string of the molecule is Cc1ccc(NC(=O)[C@H](C)Oc2ccccc2)c(-c2n[nH]c(C3CC3)n2)c1. The second kappa shape index (κ2) is 7.23. The third-order valence-electron chi connectivity index (χ3n) is 4.57. The predicted octanol–water partition coefficient (Wildman–Crippen LogP) is 4.06. The molecule has 27 heavy (non-hydrogen) atoms. The first-order chi connectivity index (χ1) is 13.1. The van der Waals surface area contributed by atoms with Crippen LogP contribution in [0.1, 0.15) is 37.1 Å². The number of nitrogens with one attached hydrogen (secondary N) is 2. The van der Waals surface area contributed by atoms with E-state index in [0.29, 0.717) is 23.2 Å². The number of hydrogen-bond acceptors (Lipinski definition) is 4. The molecule has 3 aromatic rings. The second-order valence-corrected chi connectivity index (χ2v) is 6.93. The van der Waals surface area contributed by atoms with Crippen LogP contribution in [-0.2, 0) is 4.79 Å². The van der Waals surface area contributed by atoms with E-state index in [0.717, 1.165) is 29.8 Å². The molecule has 1 fully saturated rings. The molecular weight excluding hydrogens is 340 g/mol. The van der Waals surface area contributed by atoms with Crippen LogP contribution in [0, 0.1) is 6.92 Å². The number of benzene rings is 2. The summed E-state index contributed by atoms with van der Waals surface area (Å²) < 4.78 is 5.71. The van der Waals surface area contributed by atoms with E-state index < -0.39 is 6.10 Å². The van der Waals surface area contributed by atoms with Gasteiger partial charge in [-0.15, -0.1) is 0 Å². The van der Waals surface area contributed by atoms with Gasteiger partial charge in [-0.25, -0.2) is 4.98 Å². The molecule has 1 aliphatic rings. The summed E-state index contributed by atoms with van der Waals surface area (Å²) in [6.45, 7) is 3.74. The lowest BCUT2D eigenvalue weighted by Crippen LogP contribution is -2.30. The van der Waals surface area contributed by atoms with Crippen molar-refractivity contribution >= 4 is 11.6 Å². The number of para-hydroxylation sites is 1. The van der Waals surface area contributed by atoms with E-state index in [1.54, 1.807) is 6.92 Å². The van der Waals surface area contributed by atoms with Crippen LogP contribution in [0.2, 0.25) is 0 Å². The van der Waals surface area contributed by atoms with Gasteiger partial charge in [-0.3, -0.25) is 9.89 Å². The fourth-order valence-electron chi connectivity index (χ4n) is 2.88. The van der Waals surface area contributed by atoms with Crippen molar-refractivity contribution in [1.82, 2.24) is 15.2 Å². The maximum atomic E-state index is 12.6. The Labute approximate surface area is 158 Å². The normalized spacial score (nSPS) is 14.6. The molecule has 138 valence electrons. The molecule has 1 aliphatic carbocycles. The summed E-state index contributed by atoms with van der Waals surface area (Å²) >= 11 is 0. The number of nitrogens with zero attached hydrogens (tertiary/aromatic N) is 2. The Morgan fingerprint density at radius 2 is 2.00 bits per heavy atom. The number of carbonyl (C=O) groups is 1. The average Bonchev–Trinajstić information content (AvgIpc) is 3.41. The number of carbonyl (C=O) groups excluding carboxylic acids is 1. The fourth-order valence-corrected chi connectivity index (χ4v) is 2.88. The molecule has 4 rings (SSSR count). The van der Waals surface area contributed by atoms with Crippen molar-refractivity contribution < 1.29 is 9.53 Å². The van der Waals surface area contributed by atoms with E-state index >= 15 is 0 Å². The Morgan fingerprint density at radius 3 is 2.74 bits per heavy atom. The summed E-state index contributed by atoms with van der Waals surface area (Å²) in [5, 5.41) is 10.3. The summed E-state index contributed by atoms with van der Waals surface area (Å²) in [4.78, 5) is 17.2. The lowest BCUT2D eigenvalue weighted by Gasteiger charge is -2.16. The monoisotopic (exact) mass is 362 g/mol. The Kier molecular flexibility index (Phi) is 4.62. The van der Waals surface area contributed by atoms with E-state index in [2.05, 4.69) is 20.5 Å². The van der Waals surface area contributed by atoms with Crippen LogP contribution in [0.25, 0.3) is 11.4 Å². The predicted molar refractivity (Wildman–Crippen MR) is 104 cm³/mol. The van der Waals surface area contributed by atoms with Gasteiger partial charge in [0, 0.05) is 11.5 Å². The van der Waals surface area contributed by atoms with Crippen LogP contribution in [-0.4, -0.2) is 27.2 Å². The van der Waals surface area contributed by atoms with E-state index in [-0.39, 0.29) is 5.91 Å². The van der Waals surface area contributed by atoms with Crippen molar-refractivity contribution in [3.63, 3.8) is 0 Å². The first kappa shape index (κ1) is 17.3. The molecule has 0 spiro atoms. The quantitative estimate of drug-likeness (QED) is 0.693. The number of anilines is 1. The zero-order valence-electron chi connectivity index (χ0n) is 15.4. The van der Waals surface area contributed by atoms with Crippen LogP contribution in [0.5, 0.6) is 5.75 Å². The molecule has 1 atom stereocenters. The summed E-state index contributed by atoms with van der Waals surface area (Å²) in [6, 6.07) is 15.1. The van der Waals surface area contributed by atoms with E-state index in [9.17, 15) is 4.79 Å². The topological polar surface area (TPSA) is 79.9 Å². The largest absolute Gasteiger partial charge is 0.481 e. The van der Waals surface area contributed by atoms with Crippen LogP contribution in [0.4, 0.5) is 5.69 Å². The van der Waals surface area contributed by atoms with Gasteiger partial charge in [0.25, 0.3) is 5.91 Å². The number of aromatic amines is 1. The zero-order valence-corrected chi connectivity index (χ0v) is 15.4. The number of ether oxygens (including phenoxy) is 1. The smallest absolute Gasteiger partial charge is 0.265 e. The second-order valence-electron chi connectivity index (χ2n) is 6.93. The Bertz CT molecular complexity index is 948. The Morgan fingerprint density at radius 1 is 1.22 bits per heavy atom. The maximum Gasteiger partial charge on any atom is 0.265 e. The van der Waals surface area contributed by atoms with Crippen LogP contribution < -0.4 is 10.1 Å². The van der Waals surface area contributed by atoms with Crippen LogP contribution in [0.15, 0.2) is 48.5 Å².